The second-order valence-corrected chi connectivity index (χ2v) is 6.90. The normalized spacial score (nSPS) is 17.3. The Kier molecular flexibility index (Phi) is 5.22. The third-order valence-electron chi connectivity index (χ3n) is 4.13. The Morgan fingerprint density at radius 1 is 1.14 bits per heavy atom. The average Bonchev–Trinajstić information content (AvgIpc) is 2.44. The summed E-state index contributed by atoms with van der Waals surface area (Å²) in [7, 11) is 0. The first-order chi connectivity index (χ1) is 9.90. The number of rotatable bonds is 4. The Balaban J connectivity index is 2.04. The average molecular weight is 290 g/mol. The maximum Gasteiger partial charge on any atom is 0.129 e. The quantitative estimate of drug-likeness (QED) is 0.923. The molecule has 2 rings (SSSR count). The molecule has 1 aliphatic heterocycles. The summed E-state index contributed by atoms with van der Waals surface area (Å²) < 4.78 is 0. The SMILES string of the molecule is CCNCc1cc(C)nc(N2CCN(C(C)(C)C)CC2)c1. The highest BCUT2D eigenvalue weighted by Gasteiger charge is 2.26. The van der Waals surface area contributed by atoms with Gasteiger partial charge in [0.2, 0.25) is 0 Å². The molecule has 0 bridgehead atoms. The number of piperazine rings is 1. The molecule has 1 aromatic heterocycles. The Morgan fingerprint density at radius 2 is 1.81 bits per heavy atom. The van der Waals surface area contributed by atoms with Crippen LogP contribution in [0.5, 0.6) is 0 Å². The molecule has 21 heavy (non-hydrogen) atoms. The largest absolute Gasteiger partial charge is 0.354 e. The molecule has 118 valence electrons. The van der Waals surface area contributed by atoms with Gasteiger partial charge in [-0.25, -0.2) is 4.98 Å². The fourth-order valence-electron chi connectivity index (χ4n) is 2.86. The Bertz CT molecular complexity index is 456. The number of anilines is 1. The Morgan fingerprint density at radius 3 is 2.38 bits per heavy atom. The van der Waals surface area contributed by atoms with E-state index in [1.807, 2.05) is 0 Å². The van der Waals surface area contributed by atoms with E-state index in [0.29, 0.717) is 0 Å². The summed E-state index contributed by atoms with van der Waals surface area (Å²) in [4.78, 5) is 9.71. The maximum atomic E-state index is 4.73. The third-order valence-corrected chi connectivity index (χ3v) is 4.13. The number of hydrogen-bond donors (Lipinski definition) is 1. The molecule has 0 radical (unpaired) electrons. The van der Waals surface area contributed by atoms with Crippen molar-refractivity contribution in [3.8, 4) is 0 Å². The smallest absolute Gasteiger partial charge is 0.129 e. The molecule has 0 atom stereocenters. The van der Waals surface area contributed by atoms with Crippen molar-refractivity contribution < 1.29 is 0 Å². The Hall–Kier alpha value is -1.13. The van der Waals surface area contributed by atoms with Gasteiger partial charge in [0.15, 0.2) is 0 Å². The van der Waals surface area contributed by atoms with Crippen LogP contribution >= 0.6 is 0 Å². The van der Waals surface area contributed by atoms with Gasteiger partial charge >= 0.3 is 0 Å². The molecule has 0 aromatic carbocycles. The van der Waals surface area contributed by atoms with Gasteiger partial charge in [-0.15, -0.1) is 0 Å². The number of nitrogens with one attached hydrogen (secondary N) is 1. The predicted molar refractivity (Wildman–Crippen MR) is 89.9 cm³/mol. The summed E-state index contributed by atoms with van der Waals surface area (Å²) in [6.07, 6.45) is 0. The lowest BCUT2D eigenvalue weighted by Crippen LogP contribution is -2.53. The van der Waals surface area contributed by atoms with E-state index in [4.69, 9.17) is 4.98 Å². The molecule has 0 amide bonds. The molecular formula is C17H30N4. The van der Waals surface area contributed by atoms with Crippen LogP contribution in [0, 0.1) is 6.92 Å². The predicted octanol–water partition coefficient (Wildman–Crippen LogP) is 2.42. The number of aryl methyl sites for hydroxylation is 1. The highest BCUT2D eigenvalue weighted by molar-refractivity contribution is 5.43. The van der Waals surface area contributed by atoms with Gasteiger partial charge in [0, 0.05) is 44.0 Å². The standard InChI is InChI=1S/C17H30N4/c1-6-18-13-15-11-14(2)19-16(12-15)20-7-9-21(10-8-20)17(3,4)5/h11-12,18H,6-10,13H2,1-5H3. The first-order valence-corrected chi connectivity index (χ1v) is 8.08. The Labute approximate surface area is 129 Å². The second kappa shape index (κ2) is 6.75. The van der Waals surface area contributed by atoms with Crippen LogP contribution in [0.25, 0.3) is 0 Å². The summed E-state index contributed by atoms with van der Waals surface area (Å²) in [5.74, 6) is 1.14. The first-order valence-electron chi connectivity index (χ1n) is 8.08. The minimum absolute atomic E-state index is 0.266. The van der Waals surface area contributed by atoms with Crippen molar-refractivity contribution in [2.45, 2.75) is 46.7 Å². The van der Waals surface area contributed by atoms with Gasteiger partial charge in [0.1, 0.15) is 5.82 Å². The zero-order valence-electron chi connectivity index (χ0n) is 14.2. The fraction of sp³-hybridized carbons (Fsp3) is 0.706. The van der Waals surface area contributed by atoms with Gasteiger partial charge < -0.3 is 10.2 Å². The molecule has 1 aliphatic rings. The van der Waals surface area contributed by atoms with Gasteiger partial charge in [0.05, 0.1) is 0 Å². The van der Waals surface area contributed by atoms with E-state index in [-0.39, 0.29) is 5.54 Å². The number of pyridine rings is 1. The highest BCUT2D eigenvalue weighted by Crippen LogP contribution is 2.20. The van der Waals surface area contributed by atoms with Crippen LogP contribution < -0.4 is 10.2 Å². The molecule has 0 spiro atoms. The number of aromatic nitrogens is 1. The van der Waals surface area contributed by atoms with Crippen LogP contribution in [0.1, 0.15) is 39.0 Å². The van der Waals surface area contributed by atoms with Gasteiger partial charge in [-0.2, -0.15) is 0 Å². The lowest BCUT2D eigenvalue weighted by molar-refractivity contribution is 0.128. The van der Waals surface area contributed by atoms with Gasteiger partial charge in [-0.1, -0.05) is 6.92 Å². The first kappa shape index (κ1) is 16.2. The molecule has 2 heterocycles. The number of hydrogen-bond acceptors (Lipinski definition) is 4. The van der Waals surface area contributed by atoms with Crippen LogP contribution in [0.15, 0.2) is 12.1 Å². The minimum atomic E-state index is 0.266. The molecule has 4 nitrogen and oxygen atoms in total. The molecular weight excluding hydrogens is 260 g/mol. The summed E-state index contributed by atoms with van der Waals surface area (Å²) in [6.45, 7) is 17.4. The van der Waals surface area contributed by atoms with E-state index < -0.39 is 0 Å². The summed E-state index contributed by atoms with van der Waals surface area (Å²) in [6, 6.07) is 4.42. The van der Waals surface area contributed by atoms with Crippen LogP contribution in [0.2, 0.25) is 0 Å². The molecule has 0 aliphatic carbocycles. The van der Waals surface area contributed by atoms with Crippen molar-refractivity contribution in [3.63, 3.8) is 0 Å². The highest BCUT2D eigenvalue weighted by atomic mass is 15.3. The van der Waals surface area contributed by atoms with Crippen LogP contribution in [0.3, 0.4) is 0 Å². The van der Waals surface area contributed by atoms with Crippen LogP contribution in [0.4, 0.5) is 5.82 Å². The van der Waals surface area contributed by atoms with Crippen molar-refractivity contribution in [3.05, 3.63) is 23.4 Å². The molecule has 0 unspecified atom stereocenters. The lowest BCUT2D eigenvalue weighted by Gasteiger charge is -2.42. The van der Waals surface area contributed by atoms with Gasteiger partial charge in [-0.05, 0) is 51.9 Å². The van der Waals surface area contributed by atoms with E-state index in [2.05, 4.69) is 61.9 Å². The van der Waals surface area contributed by atoms with E-state index in [1.165, 1.54) is 5.56 Å². The van der Waals surface area contributed by atoms with Gasteiger partial charge in [-0.3, -0.25) is 4.90 Å². The lowest BCUT2D eigenvalue weighted by atomic mass is 10.0. The van der Waals surface area contributed by atoms with Gasteiger partial charge in [0.25, 0.3) is 0 Å². The van der Waals surface area contributed by atoms with Crippen LogP contribution in [-0.2, 0) is 6.54 Å². The third kappa shape index (κ3) is 4.42. The second-order valence-electron chi connectivity index (χ2n) is 6.90. The molecule has 1 fully saturated rings. The minimum Gasteiger partial charge on any atom is -0.354 e. The number of nitrogens with zero attached hydrogens (tertiary/aromatic N) is 3. The molecule has 0 saturated carbocycles. The molecule has 1 N–H and O–H groups in total. The topological polar surface area (TPSA) is 31.4 Å². The zero-order chi connectivity index (χ0) is 15.5. The summed E-state index contributed by atoms with van der Waals surface area (Å²) in [5.41, 5.74) is 2.71. The zero-order valence-corrected chi connectivity index (χ0v) is 14.2. The van der Waals surface area contributed by atoms with Crippen molar-refractivity contribution in [1.29, 1.82) is 0 Å². The van der Waals surface area contributed by atoms with Crippen molar-refractivity contribution in [1.82, 2.24) is 15.2 Å². The summed E-state index contributed by atoms with van der Waals surface area (Å²) >= 11 is 0. The fourth-order valence-corrected chi connectivity index (χ4v) is 2.86. The monoisotopic (exact) mass is 290 g/mol. The van der Waals surface area contributed by atoms with Crippen molar-refractivity contribution in [2.24, 2.45) is 0 Å². The van der Waals surface area contributed by atoms with E-state index in [9.17, 15) is 0 Å². The molecule has 1 saturated heterocycles. The molecule has 1 aromatic rings. The maximum absolute atomic E-state index is 4.73. The summed E-state index contributed by atoms with van der Waals surface area (Å²) in [5, 5.41) is 3.39. The molecule has 4 heteroatoms. The van der Waals surface area contributed by atoms with E-state index in [1.54, 1.807) is 0 Å². The van der Waals surface area contributed by atoms with Crippen molar-refractivity contribution >= 4 is 5.82 Å². The van der Waals surface area contributed by atoms with E-state index >= 15 is 0 Å². The van der Waals surface area contributed by atoms with Crippen molar-refractivity contribution in [2.75, 3.05) is 37.6 Å². The van der Waals surface area contributed by atoms with Crippen LogP contribution in [-0.4, -0.2) is 48.1 Å². The van der Waals surface area contributed by atoms with E-state index in [0.717, 1.165) is 50.8 Å².